The van der Waals surface area contributed by atoms with Crippen LogP contribution in [0.1, 0.15) is 29.3 Å². The SMILES string of the molecule is COc1ccc(C2CC(c3ccccc3)=NN2C(=O)CN(C)CCc2ccccn2)cc1. The molecule has 0 fully saturated rings. The number of hydrogen-bond acceptors (Lipinski definition) is 5. The minimum atomic E-state index is -0.132. The Morgan fingerprint density at radius 2 is 1.81 bits per heavy atom. The summed E-state index contributed by atoms with van der Waals surface area (Å²) in [6.07, 6.45) is 3.27. The quantitative estimate of drug-likeness (QED) is 0.545. The van der Waals surface area contributed by atoms with E-state index in [0.717, 1.165) is 41.2 Å². The number of methoxy groups -OCH3 is 1. The lowest BCUT2D eigenvalue weighted by Gasteiger charge is -2.25. The fourth-order valence-electron chi connectivity index (χ4n) is 3.86. The zero-order chi connectivity index (χ0) is 22.3. The molecule has 4 rings (SSSR count). The summed E-state index contributed by atoms with van der Waals surface area (Å²) in [4.78, 5) is 19.7. The molecule has 0 radical (unpaired) electrons. The number of rotatable bonds is 8. The van der Waals surface area contributed by atoms with Crippen molar-refractivity contribution in [3.63, 3.8) is 0 Å². The van der Waals surface area contributed by atoms with Crippen LogP contribution < -0.4 is 4.74 Å². The summed E-state index contributed by atoms with van der Waals surface area (Å²) >= 11 is 0. The second-order valence-electron chi connectivity index (χ2n) is 7.95. The fourth-order valence-corrected chi connectivity index (χ4v) is 3.86. The Morgan fingerprint density at radius 3 is 2.50 bits per heavy atom. The fraction of sp³-hybridized carbons (Fsp3) is 0.269. The predicted octanol–water partition coefficient (Wildman–Crippen LogP) is 3.94. The van der Waals surface area contributed by atoms with Crippen molar-refractivity contribution in [2.75, 3.05) is 27.2 Å². The number of pyridine rings is 1. The Bertz CT molecular complexity index is 1050. The molecule has 0 saturated carbocycles. The third-order valence-corrected chi connectivity index (χ3v) is 5.65. The number of amides is 1. The molecular formula is C26H28N4O2. The standard InChI is InChI=1S/C26H28N4O2/c1-29(17-15-22-10-6-7-16-27-22)19-26(31)30-25(21-11-13-23(32-2)14-12-21)18-24(28-30)20-8-4-3-5-9-20/h3-14,16,25H,15,17-19H2,1-2H3. The minimum absolute atomic E-state index is 0.0136. The predicted molar refractivity (Wildman–Crippen MR) is 126 cm³/mol. The van der Waals surface area contributed by atoms with Crippen molar-refractivity contribution >= 4 is 11.6 Å². The van der Waals surface area contributed by atoms with Crippen molar-refractivity contribution in [1.29, 1.82) is 0 Å². The third kappa shape index (κ3) is 5.21. The van der Waals surface area contributed by atoms with E-state index in [1.165, 1.54) is 0 Å². The van der Waals surface area contributed by atoms with Crippen LogP contribution in [0, 0.1) is 0 Å². The number of ether oxygens (including phenoxy) is 1. The first kappa shape index (κ1) is 21.7. The Morgan fingerprint density at radius 1 is 1.06 bits per heavy atom. The average Bonchev–Trinajstić information content (AvgIpc) is 3.30. The molecular weight excluding hydrogens is 400 g/mol. The monoisotopic (exact) mass is 428 g/mol. The Balaban J connectivity index is 1.49. The summed E-state index contributed by atoms with van der Waals surface area (Å²) < 4.78 is 5.29. The van der Waals surface area contributed by atoms with Crippen molar-refractivity contribution in [2.45, 2.75) is 18.9 Å². The molecule has 6 heteroatoms. The maximum absolute atomic E-state index is 13.3. The van der Waals surface area contributed by atoms with Crippen molar-refractivity contribution in [3.8, 4) is 5.75 Å². The molecule has 1 unspecified atom stereocenters. The van der Waals surface area contributed by atoms with Gasteiger partial charge in [-0.1, -0.05) is 48.5 Å². The largest absolute Gasteiger partial charge is 0.497 e. The highest BCUT2D eigenvalue weighted by Crippen LogP contribution is 2.33. The highest BCUT2D eigenvalue weighted by Gasteiger charge is 2.33. The zero-order valence-corrected chi connectivity index (χ0v) is 18.5. The van der Waals surface area contributed by atoms with Gasteiger partial charge in [-0.2, -0.15) is 5.10 Å². The van der Waals surface area contributed by atoms with E-state index >= 15 is 0 Å². The minimum Gasteiger partial charge on any atom is -0.497 e. The van der Waals surface area contributed by atoms with Gasteiger partial charge in [0.25, 0.3) is 5.91 Å². The molecule has 2 aromatic carbocycles. The van der Waals surface area contributed by atoms with Crippen LogP contribution in [0.25, 0.3) is 0 Å². The average molecular weight is 429 g/mol. The molecule has 6 nitrogen and oxygen atoms in total. The lowest BCUT2D eigenvalue weighted by Crippen LogP contribution is -2.37. The molecule has 1 aliphatic rings. The van der Waals surface area contributed by atoms with E-state index < -0.39 is 0 Å². The van der Waals surface area contributed by atoms with Gasteiger partial charge in [0.2, 0.25) is 0 Å². The van der Waals surface area contributed by atoms with E-state index in [9.17, 15) is 4.79 Å². The number of likely N-dealkylation sites (N-methyl/N-ethyl adjacent to an activating group) is 1. The maximum atomic E-state index is 13.3. The highest BCUT2D eigenvalue weighted by atomic mass is 16.5. The molecule has 3 aromatic rings. The van der Waals surface area contributed by atoms with Crippen molar-refractivity contribution < 1.29 is 9.53 Å². The van der Waals surface area contributed by atoms with E-state index in [4.69, 9.17) is 9.84 Å². The summed E-state index contributed by atoms with van der Waals surface area (Å²) in [6, 6.07) is 23.7. The molecule has 0 spiro atoms. The molecule has 2 heterocycles. The van der Waals surface area contributed by atoms with Crippen LogP contribution in [-0.4, -0.2) is 53.8 Å². The summed E-state index contributed by atoms with van der Waals surface area (Å²) in [6.45, 7) is 1.05. The third-order valence-electron chi connectivity index (χ3n) is 5.65. The molecule has 0 N–H and O–H groups in total. The van der Waals surface area contributed by atoms with Crippen molar-refractivity contribution in [1.82, 2.24) is 14.9 Å². The summed E-state index contributed by atoms with van der Waals surface area (Å²) in [5.74, 6) is 0.781. The Labute approximate surface area is 189 Å². The number of carbonyl (C=O) groups is 1. The van der Waals surface area contributed by atoms with E-state index in [0.29, 0.717) is 13.0 Å². The van der Waals surface area contributed by atoms with Crippen LogP contribution in [-0.2, 0) is 11.2 Å². The summed E-state index contributed by atoms with van der Waals surface area (Å²) in [7, 11) is 3.61. The van der Waals surface area contributed by atoms with E-state index in [1.807, 2.05) is 84.7 Å². The van der Waals surface area contributed by atoms with E-state index in [2.05, 4.69) is 4.98 Å². The first-order chi connectivity index (χ1) is 15.6. The molecule has 0 bridgehead atoms. The number of hydrogen-bond donors (Lipinski definition) is 0. The molecule has 32 heavy (non-hydrogen) atoms. The second-order valence-corrected chi connectivity index (χ2v) is 7.95. The first-order valence-electron chi connectivity index (χ1n) is 10.8. The number of hydrazone groups is 1. The number of benzene rings is 2. The van der Waals surface area contributed by atoms with Gasteiger partial charge >= 0.3 is 0 Å². The van der Waals surface area contributed by atoms with Gasteiger partial charge in [-0.15, -0.1) is 0 Å². The van der Waals surface area contributed by atoms with Gasteiger partial charge in [0.1, 0.15) is 5.75 Å². The van der Waals surface area contributed by atoms with Crippen LogP contribution in [0.2, 0.25) is 0 Å². The van der Waals surface area contributed by atoms with E-state index in [1.54, 1.807) is 18.3 Å². The van der Waals surface area contributed by atoms with Crippen molar-refractivity contribution in [2.24, 2.45) is 5.10 Å². The number of carbonyl (C=O) groups excluding carboxylic acids is 1. The van der Waals surface area contributed by atoms with Crippen LogP contribution in [0.3, 0.4) is 0 Å². The molecule has 164 valence electrons. The van der Waals surface area contributed by atoms with Crippen LogP contribution in [0.5, 0.6) is 5.75 Å². The number of nitrogens with zero attached hydrogens (tertiary/aromatic N) is 4. The molecule has 0 aliphatic carbocycles. The zero-order valence-electron chi connectivity index (χ0n) is 18.5. The van der Waals surface area contributed by atoms with E-state index in [-0.39, 0.29) is 11.9 Å². The van der Waals surface area contributed by atoms with Gasteiger partial charge in [-0.05, 0) is 42.4 Å². The first-order valence-corrected chi connectivity index (χ1v) is 10.8. The van der Waals surface area contributed by atoms with Gasteiger partial charge in [-0.25, -0.2) is 5.01 Å². The molecule has 0 saturated heterocycles. The molecule has 1 amide bonds. The summed E-state index contributed by atoms with van der Waals surface area (Å²) in [5.41, 5.74) is 4.04. The summed E-state index contributed by atoms with van der Waals surface area (Å²) in [5, 5.41) is 6.41. The van der Waals surface area contributed by atoms with Crippen LogP contribution >= 0.6 is 0 Å². The normalized spacial score (nSPS) is 15.7. The van der Waals surface area contributed by atoms with Gasteiger partial charge in [-0.3, -0.25) is 14.7 Å². The Hall–Kier alpha value is -3.51. The Kier molecular flexibility index (Phi) is 6.92. The molecule has 1 aliphatic heterocycles. The second kappa shape index (κ2) is 10.2. The number of aromatic nitrogens is 1. The molecule has 1 aromatic heterocycles. The molecule has 1 atom stereocenters. The lowest BCUT2D eigenvalue weighted by molar-refractivity contribution is -0.133. The maximum Gasteiger partial charge on any atom is 0.257 e. The smallest absolute Gasteiger partial charge is 0.257 e. The van der Waals surface area contributed by atoms with Gasteiger partial charge in [0.15, 0.2) is 0 Å². The lowest BCUT2D eigenvalue weighted by atomic mass is 9.98. The van der Waals surface area contributed by atoms with Gasteiger partial charge in [0.05, 0.1) is 25.4 Å². The van der Waals surface area contributed by atoms with Crippen molar-refractivity contribution in [3.05, 3.63) is 95.8 Å². The topological polar surface area (TPSA) is 58.0 Å². The van der Waals surface area contributed by atoms with Gasteiger partial charge < -0.3 is 4.74 Å². The highest BCUT2D eigenvalue weighted by molar-refractivity contribution is 6.03. The van der Waals surface area contributed by atoms with Gasteiger partial charge in [0, 0.05) is 31.3 Å². The van der Waals surface area contributed by atoms with Crippen LogP contribution in [0.15, 0.2) is 84.1 Å². The van der Waals surface area contributed by atoms with Crippen LogP contribution in [0.4, 0.5) is 0 Å².